The van der Waals surface area contributed by atoms with Gasteiger partial charge in [0.05, 0.1) is 28.7 Å². The van der Waals surface area contributed by atoms with Crippen LogP contribution in [0.2, 0.25) is 5.02 Å². The van der Waals surface area contributed by atoms with Crippen molar-refractivity contribution in [2.75, 3.05) is 13.2 Å². The summed E-state index contributed by atoms with van der Waals surface area (Å²) in [5.41, 5.74) is 0.624. The number of carbonyl (C=O) groups excluding carboxylic acids is 1. The molecule has 0 heterocycles. The highest BCUT2D eigenvalue weighted by Gasteiger charge is 2.23. The number of hydrogen-bond acceptors (Lipinski definition) is 6. The molecule has 6 nitrogen and oxygen atoms in total. The molecule has 0 saturated carbocycles. The predicted octanol–water partition coefficient (Wildman–Crippen LogP) is 2.00. The summed E-state index contributed by atoms with van der Waals surface area (Å²) in [6.45, 7) is -0.166. The van der Waals surface area contributed by atoms with E-state index in [0.29, 0.717) is 5.69 Å². The Kier molecular flexibility index (Phi) is 4.72. The zero-order valence-electron chi connectivity index (χ0n) is 11.0. The molecular weight excluding hydrogens is 296 g/mol. The summed E-state index contributed by atoms with van der Waals surface area (Å²) in [5.74, 6) is -0.223. The Balaban J connectivity index is 2.26. The SMILES string of the molecule is N=C1CC(=Nc2ccc(O)cc2Cl)C(=O)C=C1OCCO. The molecule has 7 heteroatoms. The number of ether oxygens (including phenoxy) is 1. The molecule has 2 rings (SSSR count). The minimum Gasteiger partial charge on any atom is -0.508 e. The van der Waals surface area contributed by atoms with E-state index in [1.54, 1.807) is 0 Å². The minimum absolute atomic E-state index is 0.00579. The van der Waals surface area contributed by atoms with Crippen molar-refractivity contribution in [1.82, 2.24) is 0 Å². The number of carbonyl (C=O) groups is 1. The fraction of sp³-hybridized carbons (Fsp3) is 0.214. The van der Waals surface area contributed by atoms with E-state index >= 15 is 0 Å². The second-order valence-corrected chi connectivity index (χ2v) is 4.70. The fourth-order valence-electron chi connectivity index (χ4n) is 1.74. The Morgan fingerprint density at radius 2 is 2.19 bits per heavy atom. The number of nitrogens with zero attached hydrogens (tertiary/aromatic N) is 1. The number of phenolic OH excluding ortho intramolecular Hbond substituents is 1. The molecule has 0 saturated heterocycles. The van der Waals surface area contributed by atoms with Gasteiger partial charge in [-0.05, 0) is 12.1 Å². The number of benzene rings is 1. The summed E-state index contributed by atoms with van der Waals surface area (Å²) in [5, 5.41) is 26.0. The molecule has 110 valence electrons. The number of aliphatic imine (C=N–C) groups is 1. The van der Waals surface area contributed by atoms with Gasteiger partial charge in [0.2, 0.25) is 5.78 Å². The zero-order valence-corrected chi connectivity index (χ0v) is 11.7. The van der Waals surface area contributed by atoms with Crippen LogP contribution >= 0.6 is 11.6 Å². The zero-order chi connectivity index (χ0) is 15.4. The lowest BCUT2D eigenvalue weighted by atomic mass is 10.0. The van der Waals surface area contributed by atoms with Crippen molar-refractivity contribution in [3.8, 4) is 5.75 Å². The van der Waals surface area contributed by atoms with Crippen LogP contribution in [0, 0.1) is 5.41 Å². The van der Waals surface area contributed by atoms with Crippen LogP contribution < -0.4 is 0 Å². The number of aliphatic hydroxyl groups is 1. The van der Waals surface area contributed by atoms with E-state index in [-0.39, 0.29) is 53.4 Å². The second-order valence-electron chi connectivity index (χ2n) is 4.29. The topological polar surface area (TPSA) is 103 Å². The van der Waals surface area contributed by atoms with Gasteiger partial charge in [-0.2, -0.15) is 0 Å². The number of hydrogen-bond donors (Lipinski definition) is 3. The number of halogens is 1. The summed E-state index contributed by atoms with van der Waals surface area (Å²) >= 11 is 5.93. The summed E-state index contributed by atoms with van der Waals surface area (Å²) in [6.07, 6.45) is 1.20. The van der Waals surface area contributed by atoms with Crippen LogP contribution in [-0.2, 0) is 9.53 Å². The maximum absolute atomic E-state index is 12.0. The highest BCUT2D eigenvalue weighted by molar-refractivity contribution is 6.50. The number of allylic oxidation sites excluding steroid dienone is 2. The van der Waals surface area contributed by atoms with Crippen LogP contribution in [0.1, 0.15) is 6.42 Å². The minimum atomic E-state index is -0.372. The van der Waals surface area contributed by atoms with Crippen molar-refractivity contribution >= 4 is 34.5 Å². The largest absolute Gasteiger partial charge is 0.508 e. The van der Waals surface area contributed by atoms with Crippen LogP contribution in [0.5, 0.6) is 5.75 Å². The molecule has 0 bridgehead atoms. The fourth-order valence-corrected chi connectivity index (χ4v) is 1.96. The van der Waals surface area contributed by atoms with Crippen molar-refractivity contribution in [2.24, 2.45) is 4.99 Å². The summed E-state index contributed by atoms with van der Waals surface area (Å²) in [6, 6.07) is 4.23. The van der Waals surface area contributed by atoms with Gasteiger partial charge in [0.15, 0.2) is 0 Å². The highest BCUT2D eigenvalue weighted by atomic mass is 35.5. The molecular formula is C14H13ClN2O4. The van der Waals surface area contributed by atoms with Crippen LogP contribution in [0.3, 0.4) is 0 Å². The van der Waals surface area contributed by atoms with Crippen LogP contribution in [0.4, 0.5) is 5.69 Å². The smallest absolute Gasteiger partial charge is 0.204 e. The Hall–Kier alpha value is -2.18. The molecule has 21 heavy (non-hydrogen) atoms. The lowest BCUT2D eigenvalue weighted by Gasteiger charge is -2.16. The number of ketones is 1. The number of rotatable bonds is 4. The second kappa shape index (κ2) is 6.51. The first-order chi connectivity index (χ1) is 10.0. The summed E-state index contributed by atoms with van der Waals surface area (Å²) in [7, 11) is 0. The van der Waals surface area contributed by atoms with E-state index in [1.807, 2.05) is 0 Å². The van der Waals surface area contributed by atoms with E-state index in [9.17, 15) is 9.90 Å². The first kappa shape index (κ1) is 15.2. The summed E-state index contributed by atoms with van der Waals surface area (Å²) < 4.78 is 5.10. The van der Waals surface area contributed by atoms with Crippen molar-refractivity contribution < 1.29 is 19.7 Å². The molecule has 0 amide bonds. The molecule has 0 radical (unpaired) electrons. The van der Waals surface area contributed by atoms with E-state index in [0.717, 1.165) is 0 Å². The lowest BCUT2D eigenvalue weighted by molar-refractivity contribution is -0.109. The van der Waals surface area contributed by atoms with Crippen molar-refractivity contribution in [3.05, 3.63) is 35.1 Å². The third-order valence-corrected chi connectivity index (χ3v) is 3.03. The molecule has 0 aliphatic heterocycles. The van der Waals surface area contributed by atoms with Crippen molar-refractivity contribution in [1.29, 1.82) is 5.41 Å². The molecule has 0 aromatic heterocycles. The van der Waals surface area contributed by atoms with E-state index < -0.39 is 0 Å². The molecule has 0 spiro atoms. The molecule has 1 aromatic rings. The Morgan fingerprint density at radius 1 is 1.43 bits per heavy atom. The maximum Gasteiger partial charge on any atom is 0.204 e. The van der Waals surface area contributed by atoms with Gasteiger partial charge in [0.25, 0.3) is 0 Å². The van der Waals surface area contributed by atoms with Crippen molar-refractivity contribution in [3.63, 3.8) is 0 Å². The number of aliphatic hydroxyl groups excluding tert-OH is 1. The Bertz CT molecular complexity index is 652. The average Bonchev–Trinajstić information content (AvgIpc) is 2.43. The van der Waals surface area contributed by atoms with Gasteiger partial charge in [-0.3, -0.25) is 4.79 Å². The first-order valence-corrected chi connectivity index (χ1v) is 6.52. The number of aromatic hydroxyl groups is 1. The molecule has 1 aliphatic rings. The van der Waals surface area contributed by atoms with E-state index in [2.05, 4.69) is 4.99 Å². The van der Waals surface area contributed by atoms with Gasteiger partial charge >= 0.3 is 0 Å². The predicted molar refractivity (Wildman–Crippen MR) is 78.7 cm³/mol. The monoisotopic (exact) mass is 308 g/mol. The molecule has 1 aromatic carbocycles. The Labute approximate surface area is 125 Å². The first-order valence-electron chi connectivity index (χ1n) is 6.15. The van der Waals surface area contributed by atoms with Gasteiger partial charge in [0.1, 0.15) is 18.1 Å². The molecule has 0 fully saturated rings. The molecule has 0 unspecified atom stereocenters. The normalized spacial score (nSPS) is 17.0. The van der Waals surface area contributed by atoms with Gasteiger partial charge in [-0.25, -0.2) is 4.99 Å². The van der Waals surface area contributed by atoms with Gasteiger partial charge in [-0.15, -0.1) is 0 Å². The van der Waals surface area contributed by atoms with Gasteiger partial charge in [0, 0.05) is 18.6 Å². The van der Waals surface area contributed by atoms with Gasteiger partial charge < -0.3 is 20.4 Å². The lowest BCUT2D eigenvalue weighted by Crippen LogP contribution is -2.25. The van der Waals surface area contributed by atoms with Crippen LogP contribution in [0.25, 0.3) is 0 Å². The molecule has 3 N–H and O–H groups in total. The summed E-state index contributed by atoms with van der Waals surface area (Å²) in [4.78, 5) is 16.1. The maximum atomic E-state index is 12.0. The number of phenols is 1. The number of nitrogens with one attached hydrogen (secondary N) is 1. The standard InChI is InChI=1S/C14H13ClN2O4/c15-9-5-8(19)1-2-11(9)17-12-6-10(16)14(7-13(12)20)21-4-3-18/h1-2,5,7,16,18-19H,3-4,6H2. The quantitative estimate of drug-likeness (QED) is 0.791. The molecule has 0 atom stereocenters. The average molecular weight is 309 g/mol. The highest BCUT2D eigenvalue weighted by Crippen LogP contribution is 2.29. The molecule has 1 aliphatic carbocycles. The Morgan fingerprint density at radius 3 is 2.86 bits per heavy atom. The van der Waals surface area contributed by atoms with Crippen LogP contribution in [0.15, 0.2) is 35.0 Å². The van der Waals surface area contributed by atoms with E-state index in [1.165, 1.54) is 24.3 Å². The van der Waals surface area contributed by atoms with Gasteiger partial charge in [-0.1, -0.05) is 11.6 Å². The van der Waals surface area contributed by atoms with Crippen molar-refractivity contribution in [2.45, 2.75) is 6.42 Å². The van der Waals surface area contributed by atoms with Crippen LogP contribution in [-0.4, -0.2) is 40.6 Å². The third kappa shape index (κ3) is 3.68. The third-order valence-electron chi connectivity index (χ3n) is 2.72. The van der Waals surface area contributed by atoms with E-state index in [4.69, 9.17) is 26.9 Å².